The standard InChI is InChI=1S/C21H24N2O4/c1-26-18-10-8-16(12-19(18)27-2)13-22-21(25)17-9-11-20(24)23(17)14-15-6-4-3-5-7-15/h3-8,10,12,17H,9,11,13-14H2,1-2H3,(H,22,25). The third kappa shape index (κ3) is 4.39. The summed E-state index contributed by atoms with van der Waals surface area (Å²) in [4.78, 5) is 26.6. The number of benzene rings is 2. The van der Waals surface area contributed by atoms with Crippen molar-refractivity contribution in [3.8, 4) is 11.5 Å². The van der Waals surface area contributed by atoms with Gasteiger partial charge in [-0.05, 0) is 29.7 Å². The number of rotatable bonds is 7. The van der Waals surface area contributed by atoms with Crippen LogP contribution in [0, 0.1) is 0 Å². The fourth-order valence-electron chi connectivity index (χ4n) is 3.28. The number of carbonyl (C=O) groups excluding carboxylic acids is 2. The first-order valence-corrected chi connectivity index (χ1v) is 8.94. The Hall–Kier alpha value is -3.02. The summed E-state index contributed by atoms with van der Waals surface area (Å²) >= 11 is 0. The molecule has 0 bridgehead atoms. The van der Waals surface area contributed by atoms with Crippen LogP contribution < -0.4 is 14.8 Å². The average Bonchev–Trinajstić information content (AvgIpc) is 3.07. The van der Waals surface area contributed by atoms with E-state index < -0.39 is 6.04 Å². The lowest BCUT2D eigenvalue weighted by molar-refractivity contribution is -0.135. The number of nitrogens with zero attached hydrogens (tertiary/aromatic N) is 1. The van der Waals surface area contributed by atoms with Crippen LogP contribution in [0.25, 0.3) is 0 Å². The molecule has 0 spiro atoms. The van der Waals surface area contributed by atoms with Gasteiger partial charge in [0.05, 0.1) is 14.2 Å². The van der Waals surface area contributed by atoms with E-state index >= 15 is 0 Å². The lowest BCUT2D eigenvalue weighted by Crippen LogP contribution is -2.44. The number of methoxy groups -OCH3 is 2. The van der Waals surface area contributed by atoms with Gasteiger partial charge in [-0.25, -0.2) is 0 Å². The van der Waals surface area contributed by atoms with Gasteiger partial charge in [-0.1, -0.05) is 36.4 Å². The Kier molecular flexibility index (Phi) is 5.96. The molecule has 0 radical (unpaired) electrons. The maximum atomic E-state index is 12.7. The highest BCUT2D eigenvalue weighted by atomic mass is 16.5. The molecule has 1 N–H and O–H groups in total. The molecule has 27 heavy (non-hydrogen) atoms. The molecular formula is C21H24N2O4. The van der Waals surface area contributed by atoms with Gasteiger partial charge in [0.15, 0.2) is 11.5 Å². The van der Waals surface area contributed by atoms with E-state index in [2.05, 4.69) is 5.32 Å². The Morgan fingerprint density at radius 3 is 2.52 bits per heavy atom. The van der Waals surface area contributed by atoms with Crippen molar-refractivity contribution in [1.29, 1.82) is 0 Å². The van der Waals surface area contributed by atoms with Crippen molar-refractivity contribution in [2.24, 2.45) is 0 Å². The number of hydrogen-bond acceptors (Lipinski definition) is 4. The number of likely N-dealkylation sites (tertiary alicyclic amines) is 1. The van der Waals surface area contributed by atoms with Crippen LogP contribution in [0.1, 0.15) is 24.0 Å². The van der Waals surface area contributed by atoms with Gasteiger partial charge < -0.3 is 19.7 Å². The first-order valence-electron chi connectivity index (χ1n) is 8.94. The van der Waals surface area contributed by atoms with Crippen molar-refractivity contribution in [3.05, 3.63) is 59.7 Å². The van der Waals surface area contributed by atoms with Crippen LogP contribution >= 0.6 is 0 Å². The Morgan fingerprint density at radius 1 is 1.07 bits per heavy atom. The molecular weight excluding hydrogens is 344 g/mol. The molecule has 142 valence electrons. The highest BCUT2D eigenvalue weighted by Gasteiger charge is 2.35. The van der Waals surface area contributed by atoms with E-state index in [1.165, 1.54) is 0 Å². The van der Waals surface area contributed by atoms with Crippen LogP contribution in [-0.4, -0.2) is 37.0 Å². The number of ether oxygens (including phenoxy) is 2. The SMILES string of the molecule is COc1ccc(CNC(=O)C2CCC(=O)N2Cc2ccccc2)cc1OC. The number of nitrogens with one attached hydrogen (secondary N) is 1. The number of carbonyl (C=O) groups is 2. The van der Waals surface area contributed by atoms with E-state index in [1.54, 1.807) is 25.2 Å². The summed E-state index contributed by atoms with van der Waals surface area (Å²) in [5.74, 6) is 1.14. The fraction of sp³-hybridized carbons (Fsp3) is 0.333. The van der Waals surface area contributed by atoms with E-state index in [0.29, 0.717) is 37.4 Å². The largest absolute Gasteiger partial charge is 0.493 e. The Labute approximate surface area is 159 Å². The van der Waals surface area contributed by atoms with E-state index in [0.717, 1.165) is 11.1 Å². The van der Waals surface area contributed by atoms with Crippen LogP contribution in [0.5, 0.6) is 11.5 Å². The fourth-order valence-corrected chi connectivity index (χ4v) is 3.28. The van der Waals surface area contributed by atoms with Crippen LogP contribution in [0.4, 0.5) is 0 Å². The minimum Gasteiger partial charge on any atom is -0.493 e. The molecule has 0 aliphatic carbocycles. The van der Waals surface area contributed by atoms with Gasteiger partial charge >= 0.3 is 0 Å². The molecule has 1 aliphatic heterocycles. The molecule has 1 unspecified atom stereocenters. The minimum absolute atomic E-state index is 0.0186. The second-order valence-electron chi connectivity index (χ2n) is 6.47. The molecule has 1 saturated heterocycles. The summed E-state index contributed by atoms with van der Waals surface area (Å²) < 4.78 is 10.5. The van der Waals surface area contributed by atoms with Crippen molar-refractivity contribution in [2.75, 3.05) is 14.2 Å². The van der Waals surface area contributed by atoms with E-state index in [9.17, 15) is 9.59 Å². The summed E-state index contributed by atoms with van der Waals surface area (Å²) in [6.45, 7) is 0.817. The van der Waals surface area contributed by atoms with Crippen molar-refractivity contribution in [3.63, 3.8) is 0 Å². The summed E-state index contributed by atoms with van der Waals surface area (Å²) in [6.07, 6.45) is 0.949. The van der Waals surface area contributed by atoms with Crippen molar-refractivity contribution in [1.82, 2.24) is 10.2 Å². The molecule has 1 atom stereocenters. The highest BCUT2D eigenvalue weighted by molar-refractivity contribution is 5.90. The molecule has 0 aromatic heterocycles. The van der Waals surface area contributed by atoms with Gasteiger partial charge in [-0.3, -0.25) is 9.59 Å². The molecule has 6 heteroatoms. The summed E-state index contributed by atoms with van der Waals surface area (Å²) in [7, 11) is 3.16. The normalized spacial score (nSPS) is 16.3. The average molecular weight is 368 g/mol. The maximum Gasteiger partial charge on any atom is 0.243 e. The Balaban J connectivity index is 1.63. The Bertz CT molecular complexity index is 807. The van der Waals surface area contributed by atoms with Crippen molar-refractivity contribution in [2.45, 2.75) is 32.0 Å². The van der Waals surface area contributed by atoms with E-state index in [4.69, 9.17) is 9.47 Å². The highest BCUT2D eigenvalue weighted by Crippen LogP contribution is 2.27. The van der Waals surface area contributed by atoms with Gasteiger partial charge in [-0.2, -0.15) is 0 Å². The second kappa shape index (κ2) is 8.58. The molecule has 1 fully saturated rings. The van der Waals surface area contributed by atoms with E-state index in [1.807, 2.05) is 42.5 Å². The van der Waals surface area contributed by atoms with Crippen molar-refractivity contribution < 1.29 is 19.1 Å². The first-order chi connectivity index (χ1) is 13.1. The second-order valence-corrected chi connectivity index (χ2v) is 6.47. The van der Waals surface area contributed by atoms with Gasteiger partial charge in [0.1, 0.15) is 6.04 Å². The zero-order valence-corrected chi connectivity index (χ0v) is 15.6. The summed E-state index contributed by atoms with van der Waals surface area (Å²) in [5, 5.41) is 2.94. The van der Waals surface area contributed by atoms with Gasteiger partial charge in [0, 0.05) is 19.5 Å². The van der Waals surface area contributed by atoms with Crippen molar-refractivity contribution >= 4 is 11.8 Å². The zero-order chi connectivity index (χ0) is 19.2. The maximum absolute atomic E-state index is 12.7. The van der Waals surface area contributed by atoms with Crippen LogP contribution in [0.2, 0.25) is 0 Å². The number of hydrogen-bond donors (Lipinski definition) is 1. The lowest BCUT2D eigenvalue weighted by Gasteiger charge is -2.24. The zero-order valence-electron chi connectivity index (χ0n) is 15.6. The molecule has 2 amide bonds. The predicted molar refractivity (Wildman–Crippen MR) is 101 cm³/mol. The molecule has 2 aromatic rings. The van der Waals surface area contributed by atoms with Crippen LogP contribution in [0.15, 0.2) is 48.5 Å². The third-order valence-corrected chi connectivity index (χ3v) is 4.74. The first kappa shape index (κ1) is 18.8. The summed E-state index contributed by atoms with van der Waals surface area (Å²) in [5.41, 5.74) is 1.92. The van der Waals surface area contributed by atoms with Crippen LogP contribution in [0.3, 0.4) is 0 Å². The molecule has 3 rings (SSSR count). The molecule has 6 nitrogen and oxygen atoms in total. The molecule has 1 aliphatic rings. The lowest BCUT2D eigenvalue weighted by atomic mass is 10.1. The van der Waals surface area contributed by atoms with Crippen LogP contribution in [-0.2, 0) is 22.7 Å². The van der Waals surface area contributed by atoms with Gasteiger partial charge in [-0.15, -0.1) is 0 Å². The smallest absolute Gasteiger partial charge is 0.243 e. The molecule has 0 saturated carbocycles. The van der Waals surface area contributed by atoms with Gasteiger partial charge in [0.25, 0.3) is 0 Å². The monoisotopic (exact) mass is 368 g/mol. The minimum atomic E-state index is -0.433. The molecule has 1 heterocycles. The van der Waals surface area contributed by atoms with E-state index in [-0.39, 0.29) is 11.8 Å². The number of amides is 2. The topological polar surface area (TPSA) is 67.9 Å². The Morgan fingerprint density at radius 2 is 1.81 bits per heavy atom. The third-order valence-electron chi connectivity index (χ3n) is 4.74. The quantitative estimate of drug-likeness (QED) is 0.815. The predicted octanol–water partition coefficient (Wildman–Crippen LogP) is 2.51. The van der Waals surface area contributed by atoms with Gasteiger partial charge in [0.2, 0.25) is 11.8 Å². The molecule has 2 aromatic carbocycles. The summed E-state index contributed by atoms with van der Waals surface area (Å²) in [6, 6.07) is 14.8.